The molecule has 0 radical (unpaired) electrons. The molecule has 1 fully saturated rings. The van der Waals surface area contributed by atoms with Gasteiger partial charge in [0, 0.05) is 37.5 Å². The van der Waals surface area contributed by atoms with Crippen molar-refractivity contribution in [3.05, 3.63) is 24.0 Å². The number of carbonyl (C=O) groups is 2. The smallest absolute Gasteiger partial charge is 0.242 e. The number of carbonyl (C=O) groups excluding carboxylic acids is 2. The van der Waals surface area contributed by atoms with Crippen LogP contribution in [0.2, 0.25) is 0 Å². The zero-order valence-corrected chi connectivity index (χ0v) is 10.3. The van der Waals surface area contributed by atoms with Gasteiger partial charge in [-0.3, -0.25) is 9.59 Å². The molecule has 4 nitrogen and oxygen atoms in total. The second kappa shape index (κ2) is 4.73. The Morgan fingerprint density at radius 1 is 1.47 bits per heavy atom. The van der Waals surface area contributed by atoms with Crippen LogP contribution in [-0.4, -0.2) is 34.2 Å². The van der Waals surface area contributed by atoms with Crippen LogP contribution in [0, 0.1) is 0 Å². The average molecular weight is 234 g/mol. The van der Waals surface area contributed by atoms with Gasteiger partial charge in [-0.15, -0.1) is 0 Å². The van der Waals surface area contributed by atoms with Crippen LogP contribution in [0.4, 0.5) is 0 Å². The fraction of sp³-hybridized carbons (Fsp3) is 0.538. The molecule has 1 aromatic rings. The summed E-state index contributed by atoms with van der Waals surface area (Å²) in [5.74, 6) is 0.227. The molecule has 1 heterocycles. The van der Waals surface area contributed by atoms with E-state index in [2.05, 4.69) is 0 Å². The predicted octanol–water partition coefficient (Wildman–Crippen LogP) is 1.70. The first-order chi connectivity index (χ1) is 8.11. The minimum atomic E-state index is 0.110. The Bertz CT molecular complexity index is 432. The summed E-state index contributed by atoms with van der Waals surface area (Å²) in [5, 5.41) is 0. The molecule has 1 amide bonds. The van der Waals surface area contributed by atoms with E-state index in [9.17, 15) is 9.59 Å². The fourth-order valence-electron chi connectivity index (χ4n) is 1.84. The minimum absolute atomic E-state index is 0.110. The summed E-state index contributed by atoms with van der Waals surface area (Å²) < 4.78 is 1.78. The van der Waals surface area contributed by atoms with Crippen molar-refractivity contribution in [3.8, 4) is 0 Å². The molecule has 1 aliphatic rings. The standard InChI is InChI=1S/C13H18N2O2/c1-3-12(16)10-6-7-15(8-10)9-13(17)14(2)11-4-5-11/h6-8,11H,3-5,9H2,1-2H3. The molecule has 0 unspecified atom stereocenters. The van der Waals surface area contributed by atoms with Gasteiger partial charge in [-0.1, -0.05) is 6.92 Å². The first kappa shape index (κ1) is 11.9. The van der Waals surface area contributed by atoms with Gasteiger partial charge in [-0.2, -0.15) is 0 Å². The molecule has 2 rings (SSSR count). The molecule has 1 saturated carbocycles. The summed E-state index contributed by atoms with van der Waals surface area (Å²) in [6, 6.07) is 2.21. The van der Waals surface area contributed by atoms with E-state index in [4.69, 9.17) is 0 Å². The van der Waals surface area contributed by atoms with Gasteiger partial charge < -0.3 is 9.47 Å². The fourth-order valence-corrected chi connectivity index (χ4v) is 1.84. The molecule has 0 saturated heterocycles. The van der Waals surface area contributed by atoms with E-state index in [-0.39, 0.29) is 11.7 Å². The lowest BCUT2D eigenvalue weighted by atomic mass is 10.2. The van der Waals surface area contributed by atoms with Gasteiger partial charge in [-0.25, -0.2) is 0 Å². The van der Waals surface area contributed by atoms with E-state index in [0.717, 1.165) is 12.8 Å². The third-order valence-corrected chi connectivity index (χ3v) is 3.20. The molecule has 0 aliphatic heterocycles. The Morgan fingerprint density at radius 3 is 2.76 bits per heavy atom. The molecule has 0 spiro atoms. The topological polar surface area (TPSA) is 42.3 Å². The molecule has 92 valence electrons. The van der Waals surface area contributed by atoms with Crippen molar-refractivity contribution in [3.63, 3.8) is 0 Å². The Kier molecular flexibility index (Phi) is 3.31. The largest absolute Gasteiger partial charge is 0.344 e. The zero-order valence-electron chi connectivity index (χ0n) is 10.3. The first-order valence-corrected chi connectivity index (χ1v) is 6.06. The van der Waals surface area contributed by atoms with Crippen LogP contribution in [0.5, 0.6) is 0 Å². The molecule has 17 heavy (non-hydrogen) atoms. The van der Waals surface area contributed by atoms with Crippen LogP contribution in [-0.2, 0) is 11.3 Å². The maximum atomic E-state index is 11.9. The highest BCUT2D eigenvalue weighted by atomic mass is 16.2. The molecular weight excluding hydrogens is 216 g/mol. The van der Waals surface area contributed by atoms with Crippen molar-refractivity contribution >= 4 is 11.7 Å². The summed E-state index contributed by atoms with van der Waals surface area (Å²) in [4.78, 5) is 25.1. The zero-order chi connectivity index (χ0) is 12.4. The molecule has 1 aliphatic carbocycles. The van der Waals surface area contributed by atoms with E-state index in [0.29, 0.717) is 24.6 Å². The van der Waals surface area contributed by atoms with Gasteiger partial charge >= 0.3 is 0 Å². The molecule has 0 aromatic carbocycles. The van der Waals surface area contributed by atoms with Crippen LogP contribution < -0.4 is 0 Å². The second-order valence-electron chi connectivity index (χ2n) is 4.59. The van der Waals surface area contributed by atoms with E-state index >= 15 is 0 Å². The predicted molar refractivity (Wildman–Crippen MR) is 64.8 cm³/mol. The summed E-state index contributed by atoms with van der Waals surface area (Å²) in [7, 11) is 1.85. The number of ketones is 1. The van der Waals surface area contributed by atoms with Crippen LogP contribution in [0.1, 0.15) is 36.5 Å². The number of nitrogens with zero attached hydrogens (tertiary/aromatic N) is 2. The highest BCUT2D eigenvalue weighted by Crippen LogP contribution is 2.25. The quantitative estimate of drug-likeness (QED) is 0.728. The summed E-state index contributed by atoms with van der Waals surface area (Å²) in [6.45, 7) is 2.16. The van der Waals surface area contributed by atoms with Crippen LogP contribution in [0.25, 0.3) is 0 Å². The number of hydrogen-bond donors (Lipinski definition) is 0. The van der Waals surface area contributed by atoms with Crippen molar-refractivity contribution in [2.24, 2.45) is 0 Å². The monoisotopic (exact) mass is 234 g/mol. The molecule has 0 bridgehead atoms. The highest BCUT2D eigenvalue weighted by molar-refractivity contribution is 5.95. The van der Waals surface area contributed by atoms with E-state index in [1.54, 1.807) is 27.9 Å². The number of amides is 1. The van der Waals surface area contributed by atoms with Gasteiger partial charge in [0.05, 0.1) is 0 Å². The van der Waals surface area contributed by atoms with E-state index in [1.807, 2.05) is 14.0 Å². The van der Waals surface area contributed by atoms with Gasteiger partial charge in [0.2, 0.25) is 5.91 Å². The van der Waals surface area contributed by atoms with Gasteiger partial charge in [0.25, 0.3) is 0 Å². The minimum Gasteiger partial charge on any atom is -0.344 e. The Morgan fingerprint density at radius 2 is 2.18 bits per heavy atom. The third kappa shape index (κ3) is 2.75. The molecule has 0 atom stereocenters. The van der Waals surface area contributed by atoms with Gasteiger partial charge in [0.1, 0.15) is 6.54 Å². The number of aromatic nitrogens is 1. The molecule has 4 heteroatoms. The van der Waals surface area contributed by atoms with Crippen LogP contribution in [0.3, 0.4) is 0 Å². The maximum absolute atomic E-state index is 11.9. The lowest BCUT2D eigenvalue weighted by Gasteiger charge is -2.16. The van der Waals surface area contributed by atoms with E-state index < -0.39 is 0 Å². The molecule has 0 N–H and O–H groups in total. The lowest BCUT2D eigenvalue weighted by molar-refractivity contribution is -0.131. The Labute approximate surface area is 101 Å². The van der Waals surface area contributed by atoms with Crippen molar-refractivity contribution < 1.29 is 9.59 Å². The van der Waals surface area contributed by atoms with Crippen LogP contribution in [0.15, 0.2) is 18.5 Å². The van der Waals surface area contributed by atoms with Crippen molar-refractivity contribution in [2.75, 3.05) is 7.05 Å². The van der Waals surface area contributed by atoms with Gasteiger partial charge in [-0.05, 0) is 18.9 Å². The van der Waals surface area contributed by atoms with E-state index in [1.165, 1.54) is 0 Å². The normalized spacial score (nSPS) is 14.7. The SMILES string of the molecule is CCC(=O)c1ccn(CC(=O)N(C)C2CC2)c1. The summed E-state index contributed by atoms with van der Waals surface area (Å²) in [6.07, 6.45) is 6.28. The third-order valence-electron chi connectivity index (χ3n) is 3.20. The Hall–Kier alpha value is -1.58. The van der Waals surface area contributed by atoms with Crippen molar-refractivity contribution in [1.82, 2.24) is 9.47 Å². The van der Waals surface area contributed by atoms with Crippen LogP contribution >= 0.6 is 0 Å². The second-order valence-corrected chi connectivity index (χ2v) is 4.59. The number of likely N-dealkylation sites (N-methyl/N-ethyl adjacent to an activating group) is 1. The first-order valence-electron chi connectivity index (χ1n) is 6.06. The number of rotatable bonds is 5. The van der Waals surface area contributed by atoms with Gasteiger partial charge in [0.15, 0.2) is 5.78 Å². The maximum Gasteiger partial charge on any atom is 0.242 e. The highest BCUT2D eigenvalue weighted by Gasteiger charge is 2.29. The lowest BCUT2D eigenvalue weighted by Crippen LogP contribution is -2.31. The van der Waals surface area contributed by atoms with Crippen molar-refractivity contribution in [2.45, 2.75) is 38.8 Å². The molecule has 1 aromatic heterocycles. The number of Topliss-reactive ketones (excluding diaryl/α,β-unsaturated/α-hetero) is 1. The molecular formula is C13H18N2O2. The summed E-state index contributed by atoms with van der Waals surface area (Å²) >= 11 is 0. The van der Waals surface area contributed by atoms with Crippen molar-refractivity contribution in [1.29, 1.82) is 0 Å². The average Bonchev–Trinajstić information content (AvgIpc) is 3.08. The summed E-state index contributed by atoms with van der Waals surface area (Å²) in [5.41, 5.74) is 0.689. The number of hydrogen-bond acceptors (Lipinski definition) is 2. The Balaban J connectivity index is 1.96.